The summed E-state index contributed by atoms with van der Waals surface area (Å²) in [7, 11) is 0. The molecule has 1 fully saturated rings. The number of rotatable bonds is 2. The van der Waals surface area contributed by atoms with Crippen LogP contribution in [0.15, 0.2) is 48.7 Å². The lowest BCUT2D eigenvalue weighted by Crippen LogP contribution is -2.35. The van der Waals surface area contributed by atoms with Crippen molar-refractivity contribution in [1.82, 2.24) is 19.6 Å². The minimum absolute atomic E-state index is 0.0655. The maximum Gasteiger partial charge on any atom is 0.417 e. The molecule has 5 rings (SSSR count). The predicted molar refractivity (Wildman–Crippen MR) is 109 cm³/mol. The minimum Gasteiger partial charge on any atom is -0.356 e. The number of piperidine rings is 1. The summed E-state index contributed by atoms with van der Waals surface area (Å²) < 4.78 is 40.9. The van der Waals surface area contributed by atoms with Gasteiger partial charge in [-0.3, -0.25) is 4.40 Å². The highest BCUT2D eigenvalue weighted by Gasteiger charge is 2.32. The first-order valence-corrected chi connectivity index (χ1v) is 10.00. The van der Waals surface area contributed by atoms with Crippen LogP contribution in [0, 0.1) is 0 Å². The average Bonchev–Trinajstić information content (AvgIpc) is 3.16. The van der Waals surface area contributed by atoms with Gasteiger partial charge in [-0.2, -0.15) is 13.2 Å². The fourth-order valence-electron chi connectivity index (χ4n) is 4.06. The van der Waals surface area contributed by atoms with Gasteiger partial charge in [-0.05, 0) is 36.4 Å². The van der Waals surface area contributed by atoms with Crippen LogP contribution in [0.5, 0.6) is 0 Å². The normalized spacial score (nSPS) is 17.7. The van der Waals surface area contributed by atoms with Gasteiger partial charge < -0.3 is 4.90 Å². The van der Waals surface area contributed by atoms with E-state index in [1.807, 2.05) is 30.3 Å². The van der Waals surface area contributed by atoms with Crippen molar-refractivity contribution in [2.24, 2.45) is 0 Å². The van der Waals surface area contributed by atoms with Gasteiger partial charge in [0.25, 0.3) is 0 Å². The Bertz CT molecular complexity index is 1240. The van der Waals surface area contributed by atoms with Gasteiger partial charge in [-0.15, -0.1) is 10.2 Å². The van der Waals surface area contributed by atoms with E-state index in [1.165, 1.54) is 10.5 Å². The molecule has 4 heterocycles. The summed E-state index contributed by atoms with van der Waals surface area (Å²) in [5, 5.41) is 10.6. The number of fused-ring (bicyclic) bond motifs is 2. The molecule has 1 aromatic carbocycles. The zero-order chi connectivity index (χ0) is 20.9. The molecule has 1 unspecified atom stereocenters. The van der Waals surface area contributed by atoms with E-state index in [2.05, 4.69) is 20.1 Å². The van der Waals surface area contributed by atoms with Crippen LogP contribution in [0.2, 0.25) is 5.15 Å². The number of halogens is 4. The van der Waals surface area contributed by atoms with Crippen LogP contribution in [0.4, 0.5) is 19.0 Å². The molecule has 154 valence electrons. The lowest BCUT2D eigenvalue weighted by atomic mass is 9.97. The summed E-state index contributed by atoms with van der Waals surface area (Å²) in [6, 6.07) is 12.1. The molecule has 4 aromatic rings. The highest BCUT2D eigenvalue weighted by Crippen LogP contribution is 2.33. The van der Waals surface area contributed by atoms with Gasteiger partial charge in [0.15, 0.2) is 5.65 Å². The van der Waals surface area contributed by atoms with Crippen LogP contribution in [-0.4, -0.2) is 32.7 Å². The minimum atomic E-state index is -4.42. The summed E-state index contributed by atoms with van der Waals surface area (Å²) in [6.45, 7) is 1.38. The summed E-state index contributed by atoms with van der Waals surface area (Å²) in [5.74, 6) is 1.23. The van der Waals surface area contributed by atoms with Crippen LogP contribution in [0.25, 0.3) is 16.4 Å². The Balaban J connectivity index is 1.49. The van der Waals surface area contributed by atoms with Crippen molar-refractivity contribution in [3.05, 3.63) is 65.2 Å². The van der Waals surface area contributed by atoms with Crippen molar-refractivity contribution in [2.45, 2.75) is 24.9 Å². The molecule has 0 radical (unpaired) electrons. The molecular formula is C21H17ClF3N5. The highest BCUT2D eigenvalue weighted by molar-refractivity contribution is 6.34. The van der Waals surface area contributed by atoms with Gasteiger partial charge in [0.05, 0.1) is 5.56 Å². The van der Waals surface area contributed by atoms with E-state index >= 15 is 0 Å². The molecular weight excluding hydrogens is 415 g/mol. The second-order valence-corrected chi connectivity index (χ2v) is 7.84. The molecule has 0 aliphatic carbocycles. The van der Waals surface area contributed by atoms with Gasteiger partial charge in [0.1, 0.15) is 16.8 Å². The van der Waals surface area contributed by atoms with Gasteiger partial charge >= 0.3 is 6.18 Å². The molecule has 0 saturated carbocycles. The largest absolute Gasteiger partial charge is 0.417 e. The van der Waals surface area contributed by atoms with E-state index < -0.39 is 11.7 Å². The molecule has 0 spiro atoms. The Morgan fingerprint density at radius 2 is 1.90 bits per heavy atom. The number of nitrogens with zero attached hydrogens (tertiary/aromatic N) is 5. The third-order valence-electron chi connectivity index (χ3n) is 5.55. The third kappa shape index (κ3) is 3.35. The molecule has 5 nitrogen and oxygen atoms in total. The Labute approximate surface area is 175 Å². The molecule has 3 aromatic heterocycles. The molecule has 1 aliphatic heterocycles. The lowest BCUT2D eigenvalue weighted by Gasteiger charge is -2.33. The summed E-state index contributed by atoms with van der Waals surface area (Å²) in [6.07, 6.45) is -1.66. The number of hydrogen-bond acceptors (Lipinski definition) is 4. The Morgan fingerprint density at radius 1 is 1.07 bits per heavy atom. The van der Waals surface area contributed by atoms with Crippen LogP contribution >= 0.6 is 11.6 Å². The Hall–Kier alpha value is -2.87. The molecule has 30 heavy (non-hydrogen) atoms. The van der Waals surface area contributed by atoms with Crippen molar-refractivity contribution in [1.29, 1.82) is 0 Å². The van der Waals surface area contributed by atoms with Gasteiger partial charge in [0, 0.05) is 30.6 Å². The van der Waals surface area contributed by atoms with E-state index in [0.717, 1.165) is 48.2 Å². The van der Waals surface area contributed by atoms with E-state index in [9.17, 15) is 13.2 Å². The quantitative estimate of drug-likeness (QED) is 0.402. The molecule has 1 saturated heterocycles. The number of anilines is 1. The number of benzene rings is 1. The standard InChI is InChI=1S/C21H17ClF3N5/c22-19-16-6-2-1-4-13(16)10-18(26-19)29-9-3-5-14(11-29)20-28-27-17-8-7-15(12-30(17)20)21(23,24)25/h1-2,4,6-8,10,12,14H,3,5,9,11H2. The average molecular weight is 432 g/mol. The molecule has 1 aliphatic rings. The van der Waals surface area contributed by atoms with Crippen LogP contribution < -0.4 is 4.90 Å². The first-order chi connectivity index (χ1) is 14.4. The van der Waals surface area contributed by atoms with Crippen molar-refractivity contribution in [2.75, 3.05) is 18.0 Å². The topological polar surface area (TPSA) is 46.3 Å². The molecule has 0 bridgehead atoms. The zero-order valence-corrected chi connectivity index (χ0v) is 16.5. The second kappa shape index (κ2) is 7.12. The maximum atomic E-state index is 13.2. The van der Waals surface area contributed by atoms with E-state index in [4.69, 9.17) is 11.6 Å². The summed E-state index contributed by atoms with van der Waals surface area (Å²) in [4.78, 5) is 6.66. The fraction of sp³-hybridized carbons (Fsp3) is 0.286. The Kier molecular flexibility index (Phi) is 4.54. The van der Waals surface area contributed by atoms with Crippen molar-refractivity contribution >= 4 is 33.8 Å². The summed E-state index contributed by atoms with van der Waals surface area (Å²) >= 11 is 6.38. The first-order valence-electron chi connectivity index (χ1n) is 9.62. The summed E-state index contributed by atoms with van der Waals surface area (Å²) in [5.41, 5.74) is -0.311. The molecule has 0 N–H and O–H groups in total. The van der Waals surface area contributed by atoms with Gasteiger partial charge in [-0.25, -0.2) is 4.98 Å². The van der Waals surface area contributed by atoms with Gasteiger partial charge in [-0.1, -0.05) is 35.9 Å². The third-order valence-corrected chi connectivity index (χ3v) is 5.84. The zero-order valence-electron chi connectivity index (χ0n) is 15.8. The van der Waals surface area contributed by atoms with Crippen molar-refractivity contribution in [3.63, 3.8) is 0 Å². The Morgan fingerprint density at radius 3 is 2.73 bits per heavy atom. The van der Waals surface area contributed by atoms with Crippen molar-refractivity contribution < 1.29 is 13.2 Å². The van der Waals surface area contributed by atoms with Gasteiger partial charge in [0.2, 0.25) is 0 Å². The van der Waals surface area contributed by atoms with E-state index in [-0.39, 0.29) is 5.92 Å². The monoisotopic (exact) mass is 431 g/mol. The smallest absolute Gasteiger partial charge is 0.356 e. The number of pyridine rings is 2. The first kappa shape index (κ1) is 19.1. The number of hydrogen-bond donors (Lipinski definition) is 0. The maximum absolute atomic E-state index is 13.2. The molecule has 1 atom stereocenters. The number of alkyl halides is 3. The van der Waals surface area contributed by atoms with Crippen molar-refractivity contribution in [3.8, 4) is 0 Å². The van der Waals surface area contributed by atoms with E-state index in [0.29, 0.717) is 23.2 Å². The predicted octanol–water partition coefficient (Wildman–Crippen LogP) is 5.33. The lowest BCUT2D eigenvalue weighted by molar-refractivity contribution is -0.137. The SMILES string of the molecule is FC(F)(F)c1ccc2nnc(C3CCCN(c4cc5ccccc5c(Cl)n4)C3)n2c1. The second-order valence-electron chi connectivity index (χ2n) is 7.48. The fourth-order valence-corrected chi connectivity index (χ4v) is 4.31. The van der Waals surface area contributed by atoms with Crippen LogP contribution in [0.1, 0.15) is 30.1 Å². The van der Waals surface area contributed by atoms with Crippen LogP contribution in [0.3, 0.4) is 0 Å². The van der Waals surface area contributed by atoms with Crippen LogP contribution in [-0.2, 0) is 6.18 Å². The highest BCUT2D eigenvalue weighted by atomic mass is 35.5. The molecule has 0 amide bonds. The molecule has 9 heteroatoms. The number of aromatic nitrogens is 4. The van der Waals surface area contributed by atoms with E-state index in [1.54, 1.807) is 0 Å².